The van der Waals surface area contributed by atoms with Crippen LogP contribution in [0.25, 0.3) is 0 Å². The molecular formula is C19H22N2O4. The van der Waals surface area contributed by atoms with E-state index in [1.165, 1.54) is 23.9 Å². The van der Waals surface area contributed by atoms with Gasteiger partial charge in [-0.2, -0.15) is 0 Å². The number of carbonyl (C=O) groups excluding carboxylic acids is 1. The van der Waals surface area contributed by atoms with E-state index in [1.54, 1.807) is 19.1 Å². The number of amides is 1. The molecule has 1 heterocycles. The molecule has 1 aromatic heterocycles. The number of nitrogens with zero attached hydrogens (tertiary/aromatic N) is 2. The van der Waals surface area contributed by atoms with Gasteiger partial charge in [0, 0.05) is 19.8 Å². The van der Waals surface area contributed by atoms with Crippen molar-refractivity contribution in [3.05, 3.63) is 59.4 Å². The molecule has 0 saturated carbocycles. The topological polar surface area (TPSA) is 79.7 Å². The first-order valence-electron chi connectivity index (χ1n) is 7.98. The monoisotopic (exact) mass is 342 g/mol. The summed E-state index contributed by atoms with van der Waals surface area (Å²) >= 11 is 0. The number of aromatic carboxylic acids is 1. The molecular weight excluding hydrogens is 320 g/mol. The van der Waals surface area contributed by atoms with E-state index in [-0.39, 0.29) is 23.1 Å². The van der Waals surface area contributed by atoms with Gasteiger partial charge in [0.2, 0.25) is 0 Å². The second kappa shape index (κ2) is 8.28. The first-order valence-corrected chi connectivity index (χ1v) is 7.98. The van der Waals surface area contributed by atoms with Crippen molar-refractivity contribution in [2.75, 3.05) is 20.7 Å². The summed E-state index contributed by atoms with van der Waals surface area (Å²) < 4.78 is 5.14. The largest absolute Gasteiger partial charge is 0.497 e. The fourth-order valence-electron chi connectivity index (χ4n) is 2.66. The minimum Gasteiger partial charge on any atom is -0.497 e. The Labute approximate surface area is 147 Å². The molecule has 0 radical (unpaired) electrons. The van der Waals surface area contributed by atoms with E-state index in [0.717, 1.165) is 12.2 Å². The number of pyridine rings is 1. The molecule has 0 aliphatic heterocycles. The lowest BCUT2D eigenvalue weighted by Gasteiger charge is -2.21. The Kier molecular flexibility index (Phi) is 6.11. The molecule has 0 fully saturated rings. The Morgan fingerprint density at radius 2 is 1.92 bits per heavy atom. The molecule has 0 spiro atoms. The van der Waals surface area contributed by atoms with Gasteiger partial charge in [0.25, 0.3) is 5.91 Å². The number of methoxy groups -OCH3 is 1. The van der Waals surface area contributed by atoms with Crippen LogP contribution in [0.3, 0.4) is 0 Å². The smallest absolute Gasteiger partial charge is 0.335 e. The third kappa shape index (κ3) is 5.04. The van der Waals surface area contributed by atoms with Gasteiger partial charge in [-0.25, -0.2) is 4.79 Å². The standard InChI is InChI=1S/C19H22N2O4/c1-13(10-14-4-6-16(25-3)7-5-14)12-21(2)18(22)17-11-15(19(23)24)8-9-20-17/h4-9,11,13H,10,12H2,1-3H3,(H,23,24). The summed E-state index contributed by atoms with van der Waals surface area (Å²) in [6.45, 7) is 2.61. The maximum atomic E-state index is 12.4. The van der Waals surface area contributed by atoms with Gasteiger partial charge in [-0.05, 0) is 42.2 Å². The van der Waals surface area contributed by atoms with E-state index in [9.17, 15) is 9.59 Å². The molecule has 1 unspecified atom stereocenters. The maximum Gasteiger partial charge on any atom is 0.335 e. The van der Waals surface area contributed by atoms with Crippen LogP contribution in [-0.2, 0) is 6.42 Å². The summed E-state index contributed by atoms with van der Waals surface area (Å²) in [5, 5.41) is 9.01. The van der Waals surface area contributed by atoms with Crippen LogP contribution in [0.1, 0.15) is 33.3 Å². The molecule has 132 valence electrons. The zero-order valence-electron chi connectivity index (χ0n) is 14.6. The lowest BCUT2D eigenvalue weighted by molar-refractivity contribution is 0.0696. The molecule has 0 aliphatic rings. The molecule has 0 saturated heterocycles. The van der Waals surface area contributed by atoms with Crippen LogP contribution in [0.2, 0.25) is 0 Å². The van der Waals surface area contributed by atoms with Crippen LogP contribution in [0, 0.1) is 5.92 Å². The van der Waals surface area contributed by atoms with Crippen LogP contribution < -0.4 is 4.74 Å². The zero-order chi connectivity index (χ0) is 18.4. The highest BCUT2D eigenvalue weighted by atomic mass is 16.5. The average molecular weight is 342 g/mol. The Bertz CT molecular complexity index is 743. The molecule has 1 atom stereocenters. The normalized spacial score (nSPS) is 11.6. The van der Waals surface area contributed by atoms with Crippen molar-refractivity contribution in [3.63, 3.8) is 0 Å². The van der Waals surface area contributed by atoms with E-state index in [4.69, 9.17) is 9.84 Å². The number of aromatic nitrogens is 1. The Morgan fingerprint density at radius 1 is 1.24 bits per heavy atom. The molecule has 1 amide bonds. The summed E-state index contributed by atoms with van der Waals surface area (Å²) in [4.78, 5) is 29.0. The summed E-state index contributed by atoms with van der Waals surface area (Å²) in [5.41, 5.74) is 1.36. The third-order valence-electron chi connectivity index (χ3n) is 3.90. The van der Waals surface area contributed by atoms with Gasteiger partial charge in [0.05, 0.1) is 12.7 Å². The highest BCUT2D eigenvalue weighted by molar-refractivity contribution is 5.95. The molecule has 2 aromatic rings. The summed E-state index contributed by atoms with van der Waals surface area (Å²) in [6, 6.07) is 10.5. The molecule has 6 heteroatoms. The predicted molar refractivity (Wildman–Crippen MR) is 94.0 cm³/mol. The van der Waals surface area contributed by atoms with Gasteiger partial charge in [-0.15, -0.1) is 0 Å². The number of carboxylic acid groups (broad SMARTS) is 1. The van der Waals surface area contributed by atoms with Crippen molar-refractivity contribution < 1.29 is 19.4 Å². The van der Waals surface area contributed by atoms with Gasteiger partial charge >= 0.3 is 5.97 Å². The van der Waals surface area contributed by atoms with Crippen LogP contribution in [-0.4, -0.2) is 47.6 Å². The van der Waals surface area contributed by atoms with Crippen LogP contribution in [0.5, 0.6) is 5.75 Å². The molecule has 1 aromatic carbocycles. The number of hydrogen-bond donors (Lipinski definition) is 1. The Balaban J connectivity index is 1.97. The SMILES string of the molecule is COc1ccc(CC(C)CN(C)C(=O)c2cc(C(=O)O)ccn2)cc1. The molecule has 0 aliphatic carbocycles. The van der Waals surface area contributed by atoms with Crippen LogP contribution in [0.4, 0.5) is 0 Å². The van der Waals surface area contributed by atoms with Gasteiger partial charge in [0.15, 0.2) is 0 Å². The van der Waals surface area contributed by atoms with Crippen molar-refractivity contribution >= 4 is 11.9 Å². The van der Waals surface area contributed by atoms with E-state index in [1.807, 2.05) is 24.3 Å². The van der Waals surface area contributed by atoms with Crippen molar-refractivity contribution in [2.24, 2.45) is 5.92 Å². The highest BCUT2D eigenvalue weighted by Gasteiger charge is 2.17. The van der Waals surface area contributed by atoms with Gasteiger partial charge in [-0.1, -0.05) is 19.1 Å². The number of ether oxygens (including phenoxy) is 1. The number of carboxylic acids is 1. The lowest BCUT2D eigenvalue weighted by atomic mass is 10.0. The third-order valence-corrected chi connectivity index (χ3v) is 3.90. The summed E-state index contributed by atoms with van der Waals surface area (Å²) in [7, 11) is 3.33. The van der Waals surface area contributed by atoms with Gasteiger partial charge < -0.3 is 14.7 Å². The van der Waals surface area contributed by atoms with Gasteiger partial charge in [-0.3, -0.25) is 9.78 Å². The lowest BCUT2D eigenvalue weighted by Crippen LogP contribution is -2.32. The zero-order valence-corrected chi connectivity index (χ0v) is 14.6. The van der Waals surface area contributed by atoms with Gasteiger partial charge in [0.1, 0.15) is 11.4 Å². The van der Waals surface area contributed by atoms with Crippen molar-refractivity contribution in [3.8, 4) is 5.75 Å². The van der Waals surface area contributed by atoms with Crippen LogP contribution in [0.15, 0.2) is 42.6 Å². The number of benzene rings is 1. The molecule has 2 rings (SSSR count). The summed E-state index contributed by atoms with van der Waals surface area (Å²) in [5.74, 6) is -0.310. The second-order valence-corrected chi connectivity index (χ2v) is 6.08. The predicted octanol–water partition coefficient (Wildman–Crippen LogP) is 2.74. The van der Waals surface area contributed by atoms with Crippen molar-refractivity contribution in [1.82, 2.24) is 9.88 Å². The Hall–Kier alpha value is -2.89. The first-order chi connectivity index (χ1) is 11.9. The summed E-state index contributed by atoms with van der Waals surface area (Å²) in [6.07, 6.45) is 2.16. The first kappa shape index (κ1) is 18.4. The minimum absolute atomic E-state index is 0.0537. The van der Waals surface area contributed by atoms with E-state index in [0.29, 0.717) is 6.54 Å². The Morgan fingerprint density at radius 3 is 2.52 bits per heavy atom. The second-order valence-electron chi connectivity index (χ2n) is 6.08. The fourth-order valence-corrected chi connectivity index (χ4v) is 2.66. The maximum absolute atomic E-state index is 12.4. The number of rotatable bonds is 7. The fraction of sp³-hybridized carbons (Fsp3) is 0.316. The average Bonchev–Trinajstić information content (AvgIpc) is 2.61. The quantitative estimate of drug-likeness (QED) is 0.837. The molecule has 25 heavy (non-hydrogen) atoms. The highest BCUT2D eigenvalue weighted by Crippen LogP contribution is 2.15. The molecule has 1 N–H and O–H groups in total. The number of carbonyl (C=O) groups is 2. The van der Waals surface area contributed by atoms with E-state index >= 15 is 0 Å². The minimum atomic E-state index is -1.08. The van der Waals surface area contributed by atoms with Crippen molar-refractivity contribution in [1.29, 1.82) is 0 Å². The molecule has 0 bridgehead atoms. The number of hydrogen-bond acceptors (Lipinski definition) is 4. The van der Waals surface area contributed by atoms with Crippen LogP contribution >= 0.6 is 0 Å². The van der Waals surface area contributed by atoms with E-state index in [2.05, 4.69) is 11.9 Å². The van der Waals surface area contributed by atoms with E-state index < -0.39 is 5.97 Å². The molecule has 6 nitrogen and oxygen atoms in total. The van der Waals surface area contributed by atoms with Crippen molar-refractivity contribution in [2.45, 2.75) is 13.3 Å².